The standard InChI is InChI=1S/C19H18N8O/c28-19(15-4-6-16(7-5-15)27-13-20-23-24-27)25-11-8-14(9-12-25)18-22-21-17-3-1-2-10-26(17)18/h1-7,10,13-14H,8-9,11-12H2. The molecule has 0 bridgehead atoms. The molecule has 0 aliphatic carbocycles. The minimum absolute atomic E-state index is 0.0489. The zero-order valence-corrected chi connectivity index (χ0v) is 15.1. The van der Waals surface area contributed by atoms with E-state index in [2.05, 4.69) is 25.7 Å². The van der Waals surface area contributed by atoms with Gasteiger partial charge < -0.3 is 4.90 Å². The van der Waals surface area contributed by atoms with E-state index in [-0.39, 0.29) is 5.91 Å². The molecule has 1 saturated heterocycles. The number of piperidine rings is 1. The number of hydrogen-bond acceptors (Lipinski definition) is 6. The van der Waals surface area contributed by atoms with Crippen LogP contribution in [-0.4, -0.2) is 58.7 Å². The molecule has 4 aromatic rings. The summed E-state index contributed by atoms with van der Waals surface area (Å²) < 4.78 is 3.60. The lowest BCUT2D eigenvalue weighted by Crippen LogP contribution is -2.38. The average molecular weight is 374 g/mol. The quantitative estimate of drug-likeness (QED) is 0.542. The van der Waals surface area contributed by atoms with Gasteiger partial charge in [0.2, 0.25) is 0 Å². The highest BCUT2D eigenvalue weighted by molar-refractivity contribution is 5.94. The lowest BCUT2D eigenvalue weighted by molar-refractivity contribution is 0.0711. The molecule has 9 nitrogen and oxygen atoms in total. The smallest absolute Gasteiger partial charge is 0.253 e. The number of rotatable bonds is 3. The summed E-state index contributed by atoms with van der Waals surface area (Å²) in [6.07, 6.45) is 5.28. The van der Waals surface area contributed by atoms with Gasteiger partial charge in [0.15, 0.2) is 5.65 Å². The summed E-state index contributed by atoms with van der Waals surface area (Å²) in [7, 11) is 0. The molecule has 1 aromatic carbocycles. The van der Waals surface area contributed by atoms with Crippen LogP contribution >= 0.6 is 0 Å². The van der Waals surface area contributed by atoms with Crippen LogP contribution in [0.15, 0.2) is 55.0 Å². The van der Waals surface area contributed by atoms with Crippen molar-refractivity contribution >= 4 is 11.6 Å². The van der Waals surface area contributed by atoms with Gasteiger partial charge in [0, 0.05) is 30.8 Å². The molecule has 1 amide bonds. The number of amides is 1. The van der Waals surface area contributed by atoms with Crippen LogP contribution in [0, 0.1) is 0 Å². The van der Waals surface area contributed by atoms with Crippen molar-refractivity contribution < 1.29 is 4.79 Å². The van der Waals surface area contributed by atoms with E-state index in [1.165, 1.54) is 6.33 Å². The van der Waals surface area contributed by atoms with Gasteiger partial charge in [0.05, 0.1) is 5.69 Å². The van der Waals surface area contributed by atoms with Crippen LogP contribution in [0.5, 0.6) is 0 Å². The fourth-order valence-electron chi connectivity index (χ4n) is 3.70. The predicted molar refractivity (Wildman–Crippen MR) is 100 cm³/mol. The van der Waals surface area contributed by atoms with Crippen LogP contribution in [0.1, 0.15) is 34.9 Å². The van der Waals surface area contributed by atoms with E-state index in [0.29, 0.717) is 24.6 Å². The summed E-state index contributed by atoms with van der Waals surface area (Å²) in [5.74, 6) is 1.34. The van der Waals surface area contributed by atoms with Gasteiger partial charge in [-0.05, 0) is 59.7 Å². The molecule has 4 heterocycles. The molecular formula is C19H18N8O. The first-order valence-electron chi connectivity index (χ1n) is 9.22. The molecule has 1 aliphatic rings. The van der Waals surface area contributed by atoms with E-state index in [1.54, 1.807) is 4.68 Å². The minimum atomic E-state index is 0.0489. The van der Waals surface area contributed by atoms with Crippen molar-refractivity contribution in [1.82, 2.24) is 39.7 Å². The van der Waals surface area contributed by atoms with Crippen molar-refractivity contribution in [3.63, 3.8) is 0 Å². The van der Waals surface area contributed by atoms with Gasteiger partial charge in [0.25, 0.3) is 5.91 Å². The van der Waals surface area contributed by atoms with Crippen molar-refractivity contribution in [2.24, 2.45) is 0 Å². The van der Waals surface area contributed by atoms with Gasteiger partial charge in [-0.2, -0.15) is 0 Å². The Labute approximate surface area is 160 Å². The van der Waals surface area contributed by atoms with Crippen molar-refractivity contribution in [3.8, 4) is 5.69 Å². The highest BCUT2D eigenvalue weighted by atomic mass is 16.2. The lowest BCUT2D eigenvalue weighted by Gasteiger charge is -2.31. The van der Waals surface area contributed by atoms with Crippen LogP contribution < -0.4 is 0 Å². The first-order valence-corrected chi connectivity index (χ1v) is 9.22. The monoisotopic (exact) mass is 374 g/mol. The molecule has 0 spiro atoms. The summed E-state index contributed by atoms with van der Waals surface area (Å²) >= 11 is 0. The third kappa shape index (κ3) is 2.90. The molecule has 9 heteroatoms. The SMILES string of the molecule is O=C(c1ccc(-n2cnnn2)cc1)N1CCC(c2nnc3ccccn23)CC1. The molecule has 0 unspecified atom stereocenters. The fraction of sp³-hybridized carbons (Fsp3) is 0.263. The van der Waals surface area contributed by atoms with Gasteiger partial charge in [-0.15, -0.1) is 15.3 Å². The predicted octanol–water partition coefficient (Wildman–Crippen LogP) is 1.72. The largest absolute Gasteiger partial charge is 0.339 e. The molecule has 0 radical (unpaired) electrons. The summed E-state index contributed by atoms with van der Waals surface area (Å²) in [6.45, 7) is 1.42. The minimum Gasteiger partial charge on any atom is -0.339 e. The number of carbonyl (C=O) groups excluding carboxylic acids is 1. The Morgan fingerprint density at radius 2 is 1.82 bits per heavy atom. The molecule has 1 aliphatic heterocycles. The van der Waals surface area contributed by atoms with Crippen LogP contribution in [0.25, 0.3) is 11.3 Å². The molecule has 0 N–H and O–H groups in total. The van der Waals surface area contributed by atoms with Crippen LogP contribution in [-0.2, 0) is 0 Å². The second kappa shape index (κ2) is 6.84. The molecule has 1 fully saturated rings. The highest BCUT2D eigenvalue weighted by Gasteiger charge is 2.27. The summed E-state index contributed by atoms with van der Waals surface area (Å²) in [6, 6.07) is 13.2. The van der Waals surface area contributed by atoms with E-state index in [9.17, 15) is 4.79 Å². The van der Waals surface area contributed by atoms with Gasteiger partial charge in [-0.1, -0.05) is 6.07 Å². The maximum Gasteiger partial charge on any atom is 0.253 e. The second-order valence-corrected chi connectivity index (χ2v) is 6.85. The lowest BCUT2D eigenvalue weighted by atomic mass is 9.95. The zero-order chi connectivity index (χ0) is 18.9. The van der Waals surface area contributed by atoms with E-state index in [0.717, 1.165) is 30.0 Å². The number of carbonyl (C=O) groups is 1. The van der Waals surface area contributed by atoms with E-state index in [4.69, 9.17) is 0 Å². The number of pyridine rings is 1. The second-order valence-electron chi connectivity index (χ2n) is 6.85. The first kappa shape index (κ1) is 16.5. The van der Waals surface area contributed by atoms with E-state index < -0.39 is 0 Å². The Balaban J connectivity index is 1.27. The molecule has 140 valence electrons. The Bertz CT molecular complexity index is 1090. The van der Waals surface area contributed by atoms with Crippen LogP contribution in [0.3, 0.4) is 0 Å². The van der Waals surface area contributed by atoms with Crippen LogP contribution in [0.4, 0.5) is 0 Å². The van der Waals surface area contributed by atoms with Crippen molar-refractivity contribution in [2.45, 2.75) is 18.8 Å². The van der Waals surface area contributed by atoms with Crippen LogP contribution in [0.2, 0.25) is 0 Å². The van der Waals surface area contributed by atoms with E-state index >= 15 is 0 Å². The highest BCUT2D eigenvalue weighted by Crippen LogP contribution is 2.28. The number of aromatic nitrogens is 7. The van der Waals surface area contributed by atoms with Gasteiger partial charge in [0.1, 0.15) is 12.2 Å². The summed E-state index contributed by atoms with van der Waals surface area (Å²) in [5, 5.41) is 19.7. The molecular weight excluding hydrogens is 356 g/mol. The number of tetrazole rings is 1. The Morgan fingerprint density at radius 3 is 2.57 bits per heavy atom. The normalized spacial score (nSPS) is 15.2. The number of fused-ring (bicyclic) bond motifs is 1. The fourth-order valence-corrected chi connectivity index (χ4v) is 3.70. The van der Waals surface area contributed by atoms with Gasteiger partial charge >= 0.3 is 0 Å². The van der Waals surface area contributed by atoms with Gasteiger partial charge in [-0.25, -0.2) is 4.68 Å². The Morgan fingerprint density at radius 1 is 1.00 bits per heavy atom. The zero-order valence-electron chi connectivity index (χ0n) is 15.1. The Kier molecular flexibility index (Phi) is 4.04. The van der Waals surface area contributed by atoms with E-state index in [1.807, 2.05) is 58.0 Å². The number of nitrogens with zero attached hydrogens (tertiary/aromatic N) is 8. The number of hydrogen-bond donors (Lipinski definition) is 0. The van der Waals surface area contributed by atoms with Crippen molar-refractivity contribution in [1.29, 1.82) is 0 Å². The summed E-state index contributed by atoms with van der Waals surface area (Å²) in [5.41, 5.74) is 2.35. The average Bonchev–Trinajstić information content (AvgIpc) is 3.44. The third-order valence-electron chi connectivity index (χ3n) is 5.22. The molecule has 0 atom stereocenters. The number of benzene rings is 1. The summed E-state index contributed by atoms with van der Waals surface area (Å²) in [4.78, 5) is 14.8. The number of likely N-dealkylation sites (tertiary alicyclic amines) is 1. The van der Waals surface area contributed by atoms with Crippen molar-refractivity contribution in [3.05, 3.63) is 66.4 Å². The molecule has 3 aromatic heterocycles. The first-order chi connectivity index (χ1) is 13.8. The molecule has 0 saturated carbocycles. The molecule has 28 heavy (non-hydrogen) atoms. The maximum atomic E-state index is 12.8. The van der Waals surface area contributed by atoms with Crippen molar-refractivity contribution in [2.75, 3.05) is 13.1 Å². The molecule has 5 rings (SSSR count). The topological polar surface area (TPSA) is 94.1 Å². The Hall–Kier alpha value is -3.62. The maximum absolute atomic E-state index is 12.8. The van der Waals surface area contributed by atoms with Gasteiger partial charge in [-0.3, -0.25) is 9.20 Å². The third-order valence-corrected chi connectivity index (χ3v) is 5.22.